The number of nitrogens with zero attached hydrogens (tertiary/aromatic N) is 1. The molecule has 0 aromatic heterocycles. The molecule has 116 valence electrons. The Morgan fingerprint density at radius 1 is 1.38 bits per heavy atom. The third-order valence-electron chi connectivity index (χ3n) is 4.35. The Balaban J connectivity index is 2.17. The van der Waals surface area contributed by atoms with Crippen LogP contribution in [0.4, 0.5) is 0 Å². The van der Waals surface area contributed by atoms with Gasteiger partial charge in [-0.1, -0.05) is 25.8 Å². The van der Waals surface area contributed by atoms with Crippen LogP contribution in [0, 0.1) is 0 Å². The number of ether oxygens (including phenoxy) is 1. The van der Waals surface area contributed by atoms with E-state index in [9.17, 15) is 9.90 Å². The fraction of sp³-hybridized carbons (Fsp3) is 0.588. The number of hydrogen-bond donors (Lipinski definition) is 1. The van der Waals surface area contributed by atoms with Crippen LogP contribution in [0.2, 0.25) is 0 Å². The summed E-state index contributed by atoms with van der Waals surface area (Å²) in [7, 11) is 1.50. The van der Waals surface area contributed by atoms with E-state index in [0.29, 0.717) is 11.8 Å². The summed E-state index contributed by atoms with van der Waals surface area (Å²) in [6, 6.07) is 6.10. The predicted octanol–water partition coefficient (Wildman–Crippen LogP) is 3.55. The number of aromatic carboxylic acids is 1. The highest BCUT2D eigenvalue weighted by molar-refractivity contribution is 5.91. The van der Waals surface area contributed by atoms with Crippen LogP contribution in [0.15, 0.2) is 18.2 Å². The Labute approximate surface area is 126 Å². The minimum Gasteiger partial charge on any atom is -0.496 e. The zero-order valence-electron chi connectivity index (χ0n) is 13.0. The van der Waals surface area contributed by atoms with Crippen LogP contribution < -0.4 is 4.74 Å². The van der Waals surface area contributed by atoms with Gasteiger partial charge in [0.1, 0.15) is 11.3 Å². The van der Waals surface area contributed by atoms with Gasteiger partial charge in [-0.15, -0.1) is 0 Å². The summed E-state index contributed by atoms with van der Waals surface area (Å²) in [5.41, 5.74) is 1.30. The summed E-state index contributed by atoms with van der Waals surface area (Å²) >= 11 is 0. The van der Waals surface area contributed by atoms with Crippen molar-refractivity contribution < 1.29 is 14.6 Å². The molecule has 1 unspecified atom stereocenters. The molecule has 1 heterocycles. The van der Waals surface area contributed by atoms with Gasteiger partial charge < -0.3 is 9.84 Å². The van der Waals surface area contributed by atoms with Gasteiger partial charge in [0.15, 0.2) is 0 Å². The number of rotatable bonds is 5. The molecule has 1 N–H and O–H groups in total. The minimum absolute atomic E-state index is 0.248. The molecule has 0 bridgehead atoms. The third-order valence-corrected chi connectivity index (χ3v) is 4.35. The van der Waals surface area contributed by atoms with Crippen molar-refractivity contribution in [2.24, 2.45) is 0 Å². The molecule has 1 aromatic rings. The molecule has 0 spiro atoms. The molecule has 0 saturated carbocycles. The molecule has 4 heteroatoms. The Morgan fingerprint density at radius 2 is 2.19 bits per heavy atom. The van der Waals surface area contributed by atoms with Crippen molar-refractivity contribution in [3.63, 3.8) is 0 Å². The quantitative estimate of drug-likeness (QED) is 0.901. The summed E-state index contributed by atoms with van der Waals surface area (Å²) in [6.45, 7) is 4.16. The number of likely N-dealkylation sites (tertiary alicyclic amines) is 1. The SMILES string of the molecule is CCC1CCCCCN1Cc1ccc(OC)c(C(=O)O)c1. The van der Waals surface area contributed by atoms with E-state index in [1.54, 1.807) is 12.1 Å². The van der Waals surface area contributed by atoms with E-state index in [0.717, 1.165) is 25.1 Å². The molecule has 0 amide bonds. The summed E-state index contributed by atoms with van der Waals surface area (Å²) < 4.78 is 5.12. The smallest absolute Gasteiger partial charge is 0.339 e. The molecule has 1 aromatic carbocycles. The molecule has 1 fully saturated rings. The zero-order valence-corrected chi connectivity index (χ0v) is 13.0. The number of methoxy groups -OCH3 is 1. The van der Waals surface area contributed by atoms with Crippen LogP contribution in [0.5, 0.6) is 5.75 Å². The standard InChI is InChI=1S/C17H25NO3/c1-3-14-7-5-4-6-10-18(14)12-13-8-9-16(21-2)15(11-13)17(19)20/h8-9,11,14H,3-7,10,12H2,1-2H3,(H,19,20). The monoisotopic (exact) mass is 291 g/mol. The van der Waals surface area contributed by atoms with Gasteiger partial charge in [-0.3, -0.25) is 4.90 Å². The largest absolute Gasteiger partial charge is 0.496 e. The Kier molecular flexibility index (Phi) is 5.62. The number of hydrogen-bond acceptors (Lipinski definition) is 3. The molecule has 1 atom stereocenters. The first-order chi connectivity index (χ1) is 10.2. The molecular formula is C17H25NO3. The molecule has 0 radical (unpaired) electrons. The zero-order chi connectivity index (χ0) is 15.2. The van der Waals surface area contributed by atoms with E-state index < -0.39 is 5.97 Å². The maximum atomic E-state index is 11.3. The Bertz CT molecular complexity index is 487. The summed E-state index contributed by atoms with van der Waals surface area (Å²) in [4.78, 5) is 13.8. The van der Waals surface area contributed by atoms with E-state index in [1.165, 1.54) is 32.8 Å². The highest BCUT2D eigenvalue weighted by Gasteiger charge is 2.20. The highest BCUT2D eigenvalue weighted by atomic mass is 16.5. The number of carboxylic acids is 1. The molecule has 0 aliphatic carbocycles. The van der Waals surface area contributed by atoms with E-state index in [4.69, 9.17) is 4.74 Å². The maximum absolute atomic E-state index is 11.3. The molecule has 2 rings (SSSR count). The molecule has 21 heavy (non-hydrogen) atoms. The van der Waals surface area contributed by atoms with Crippen LogP contribution in [-0.4, -0.2) is 35.7 Å². The average Bonchev–Trinajstić information content (AvgIpc) is 2.72. The van der Waals surface area contributed by atoms with E-state index in [2.05, 4.69) is 11.8 Å². The van der Waals surface area contributed by atoms with Gasteiger partial charge in [0.25, 0.3) is 0 Å². The van der Waals surface area contributed by atoms with Crippen LogP contribution in [0.25, 0.3) is 0 Å². The van der Waals surface area contributed by atoms with Crippen molar-refractivity contribution in [1.29, 1.82) is 0 Å². The van der Waals surface area contributed by atoms with Gasteiger partial charge in [-0.05, 0) is 43.5 Å². The summed E-state index contributed by atoms with van der Waals surface area (Å²) in [6.07, 6.45) is 6.24. The van der Waals surface area contributed by atoms with Gasteiger partial charge in [-0.25, -0.2) is 4.79 Å². The maximum Gasteiger partial charge on any atom is 0.339 e. The third kappa shape index (κ3) is 3.97. The van der Waals surface area contributed by atoms with Crippen molar-refractivity contribution in [2.45, 2.75) is 51.6 Å². The number of benzene rings is 1. The second-order valence-corrected chi connectivity index (χ2v) is 5.72. The van der Waals surface area contributed by atoms with Crippen LogP contribution in [0.3, 0.4) is 0 Å². The van der Waals surface area contributed by atoms with Crippen LogP contribution in [-0.2, 0) is 6.54 Å². The number of carbonyl (C=O) groups is 1. The van der Waals surface area contributed by atoms with Gasteiger partial charge in [0.05, 0.1) is 7.11 Å². The fourth-order valence-corrected chi connectivity index (χ4v) is 3.16. The van der Waals surface area contributed by atoms with Crippen LogP contribution in [0.1, 0.15) is 54.9 Å². The average molecular weight is 291 g/mol. The molecule has 1 saturated heterocycles. The topological polar surface area (TPSA) is 49.8 Å². The Hall–Kier alpha value is -1.55. The molecule has 1 aliphatic rings. The molecule has 1 aliphatic heterocycles. The molecule has 4 nitrogen and oxygen atoms in total. The van der Waals surface area contributed by atoms with Crippen molar-refractivity contribution in [3.05, 3.63) is 29.3 Å². The normalized spacial score (nSPS) is 20.0. The fourth-order valence-electron chi connectivity index (χ4n) is 3.16. The minimum atomic E-state index is -0.934. The van der Waals surface area contributed by atoms with E-state index in [1.807, 2.05) is 6.07 Å². The first-order valence-corrected chi connectivity index (χ1v) is 7.80. The van der Waals surface area contributed by atoms with E-state index >= 15 is 0 Å². The lowest BCUT2D eigenvalue weighted by Gasteiger charge is -2.29. The van der Waals surface area contributed by atoms with Crippen molar-refractivity contribution in [3.8, 4) is 5.75 Å². The Morgan fingerprint density at radius 3 is 2.86 bits per heavy atom. The first-order valence-electron chi connectivity index (χ1n) is 7.80. The van der Waals surface area contributed by atoms with Gasteiger partial charge in [0, 0.05) is 12.6 Å². The second-order valence-electron chi connectivity index (χ2n) is 5.72. The predicted molar refractivity (Wildman–Crippen MR) is 82.9 cm³/mol. The number of carboxylic acid groups (broad SMARTS) is 1. The van der Waals surface area contributed by atoms with Gasteiger partial charge in [-0.2, -0.15) is 0 Å². The lowest BCUT2D eigenvalue weighted by Crippen LogP contribution is -2.33. The second kappa shape index (κ2) is 7.46. The lowest BCUT2D eigenvalue weighted by molar-refractivity contribution is 0.0693. The van der Waals surface area contributed by atoms with E-state index in [-0.39, 0.29) is 5.56 Å². The first kappa shape index (κ1) is 15.8. The van der Waals surface area contributed by atoms with Crippen molar-refractivity contribution >= 4 is 5.97 Å². The van der Waals surface area contributed by atoms with Crippen LogP contribution >= 0.6 is 0 Å². The molecular weight excluding hydrogens is 266 g/mol. The lowest BCUT2D eigenvalue weighted by atomic mass is 10.1. The summed E-state index contributed by atoms with van der Waals surface area (Å²) in [5.74, 6) is -0.509. The van der Waals surface area contributed by atoms with Gasteiger partial charge >= 0.3 is 5.97 Å². The highest BCUT2D eigenvalue weighted by Crippen LogP contribution is 2.24. The van der Waals surface area contributed by atoms with Crippen molar-refractivity contribution in [1.82, 2.24) is 4.90 Å². The van der Waals surface area contributed by atoms with Gasteiger partial charge in [0.2, 0.25) is 0 Å². The van der Waals surface area contributed by atoms with Crippen molar-refractivity contribution in [2.75, 3.05) is 13.7 Å². The summed E-state index contributed by atoms with van der Waals surface area (Å²) in [5, 5.41) is 9.28.